The molecule has 1 atom stereocenters. The van der Waals surface area contributed by atoms with E-state index in [1.165, 1.54) is 24.3 Å². The average Bonchev–Trinajstić information content (AvgIpc) is 3.03. The monoisotopic (exact) mass is 308 g/mol. The summed E-state index contributed by atoms with van der Waals surface area (Å²) in [6.07, 6.45) is 2.87. The van der Waals surface area contributed by atoms with Crippen LogP contribution in [0.25, 0.3) is 0 Å². The smallest absolute Gasteiger partial charge is 0.291 e. The number of amides is 1. The summed E-state index contributed by atoms with van der Waals surface area (Å²) in [4.78, 5) is 16.4. The van der Waals surface area contributed by atoms with Gasteiger partial charge in [0.15, 0.2) is 0 Å². The molecule has 0 spiro atoms. The molecule has 0 unspecified atom stereocenters. The van der Waals surface area contributed by atoms with E-state index in [9.17, 15) is 9.18 Å². The predicted molar refractivity (Wildman–Crippen MR) is 81.4 cm³/mol. The minimum absolute atomic E-state index is 0.0753. The Hall–Kier alpha value is -1.95. The van der Waals surface area contributed by atoms with Gasteiger partial charge in [-0.2, -0.15) is 0 Å². The van der Waals surface area contributed by atoms with E-state index in [0.29, 0.717) is 13.2 Å². The molecule has 1 aliphatic heterocycles. The van der Waals surface area contributed by atoms with Crippen LogP contribution in [0, 0.1) is 5.82 Å². The normalized spacial score (nSPS) is 18.3. The van der Waals surface area contributed by atoms with Crippen molar-refractivity contribution >= 4 is 11.9 Å². The van der Waals surface area contributed by atoms with Crippen molar-refractivity contribution in [2.24, 2.45) is 4.99 Å². The molecule has 2 rings (SSSR count). The highest BCUT2D eigenvalue weighted by molar-refractivity contribution is 6.04. The number of nitrogens with one attached hydrogen (secondary N) is 1. The van der Waals surface area contributed by atoms with Crippen molar-refractivity contribution < 1.29 is 18.7 Å². The van der Waals surface area contributed by atoms with Gasteiger partial charge in [0.05, 0.1) is 19.3 Å². The molecule has 120 valence electrons. The van der Waals surface area contributed by atoms with E-state index in [-0.39, 0.29) is 17.7 Å². The van der Waals surface area contributed by atoms with Gasteiger partial charge in [-0.3, -0.25) is 10.1 Å². The summed E-state index contributed by atoms with van der Waals surface area (Å²) in [5, 5.41) is 2.59. The molecule has 1 aliphatic rings. The Balaban J connectivity index is 1.98. The number of halogens is 1. The predicted octanol–water partition coefficient (Wildman–Crippen LogP) is 2.52. The Morgan fingerprint density at radius 1 is 1.55 bits per heavy atom. The molecule has 1 saturated heterocycles. The van der Waals surface area contributed by atoms with Crippen LogP contribution in [0.4, 0.5) is 4.39 Å². The Morgan fingerprint density at radius 2 is 2.41 bits per heavy atom. The number of amidine groups is 1. The van der Waals surface area contributed by atoms with Gasteiger partial charge in [0.25, 0.3) is 11.9 Å². The highest BCUT2D eigenvalue weighted by Gasteiger charge is 2.16. The molecule has 1 aromatic rings. The Kier molecular flexibility index (Phi) is 6.33. The van der Waals surface area contributed by atoms with Crippen LogP contribution in [-0.4, -0.2) is 37.8 Å². The first-order chi connectivity index (χ1) is 10.7. The Morgan fingerprint density at radius 3 is 3.09 bits per heavy atom. The number of hydrogen-bond acceptors (Lipinski definition) is 4. The maximum Gasteiger partial charge on any atom is 0.291 e. The maximum absolute atomic E-state index is 13.2. The number of benzene rings is 1. The molecule has 6 heteroatoms. The van der Waals surface area contributed by atoms with E-state index in [1.54, 1.807) is 0 Å². The molecule has 0 radical (unpaired) electrons. The molecule has 5 nitrogen and oxygen atoms in total. The first-order valence-electron chi connectivity index (χ1n) is 7.55. The van der Waals surface area contributed by atoms with Crippen molar-refractivity contribution in [3.63, 3.8) is 0 Å². The molecular formula is C16H21FN2O3. The van der Waals surface area contributed by atoms with Crippen LogP contribution in [-0.2, 0) is 9.47 Å². The zero-order valence-electron chi connectivity index (χ0n) is 12.7. The molecule has 1 aromatic carbocycles. The third kappa shape index (κ3) is 5.11. The second-order valence-electron chi connectivity index (χ2n) is 5.09. The molecule has 0 aliphatic carbocycles. The second kappa shape index (κ2) is 8.48. The first-order valence-corrected chi connectivity index (χ1v) is 7.55. The van der Waals surface area contributed by atoms with Crippen LogP contribution >= 0.6 is 0 Å². The van der Waals surface area contributed by atoms with E-state index in [1.807, 2.05) is 6.92 Å². The third-order valence-corrected chi connectivity index (χ3v) is 3.21. The quantitative estimate of drug-likeness (QED) is 0.671. The van der Waals surface area contributed by atoms with E-state index < -0.39 is 11.7 Å². The summed E-state index contributed by atoms with van der Waals surface area (Å²) in [5.41, 5.74) is 0.227. The van der Waals surface area contributed by atoms with Crippen LogP contribution in [0.2, 0.25) is 0 Å². The lowest BCUT2D eigenvalue weighted by Crippen LogP contribution is -2.33. The fourth-order valence-corrected chi connectivity index (χ4v) is 2.09. The largest absolute Gasteiger partial charge is 0.465 e. The van der Waals surface area contributed by atoms with Crippen molar-refractivity contribution in [1.29, 1.82) is 0 Å². The highest BCUT2D eigenvalue weighted by Crippen LogP contribution is 2.12. The van der Waals surface area contributed by atoms with Gasteiger partial charge in [0.2, 0.25) is 0 Å². The van der Waals surface area contributed by atoms with E-state index in [4.69, 9.17) is 9.47 Å². The number of rotatable bonds is 5. The fourth-order valence-electron chi connectivity index (χ4n) is 2.09. The van der Waals surface area contributed by atoms with Gasteiger partial charge in [-0.05, 0) is 37.5 Å². The van der Waals surface area contributed by atoms with Gasteiger partial charge in [-0.25, -0.2) is 9.38 Å². The second-order valence-corrected chi connectivity index (χ2v) is 5.09. The van der Waals surface area contributed by atoms with Gasteiger partial charge in [0.1, 0.15) is 5.82 Å². The van der Waals surface area contributed by atoms with Crippen molar-refractivity contribution in [2.45, 2.75) is 32.3 Å². The SMILES string of the molecule is CCCOC(=NC[C@@H]1CCCO1)NC(=O)c1cccc(F)c1. The Labute approximate surface area is 129 Å². The summed E-state index contributed by atoms with van der Waals surface area (Å²) >= 11 is 0. The van der Waals surface area contributed by atoms with Crippen LogP contribution in [0.3, 0.4) is 0 Å². The summed E-state index contributed by atoms with van der Waals surface area (Å²) in [5.74, 6) is -0.901. The van der Waals surface area contributed by atoms with Gasteiger partial charge < -0.3 is 9.47 Å². The molecule has 0 aromatic heterocycles. The van der Waals surface area contributed by atoms with Crippen LogP contribution in [0.1, 0.15) is 36.5 Å². The number of carbonyl (C=O) groups is 1. The zero-order chi connectivity index (χ0) is 15.8. The minimum Gasteiger partial charge on any atom is -0.465 e. The van der Waals surface area contributed by atoms with Gasteiger partial charge in [0, 0.05) is 12.2 Å². The summed E-state index contributed by atoms with van der Waals surface area (Å²) in [6.45, 7) is 3.61. The Bertz CT molecular complexity index is 528. The maximum atomic E-state index is 13.2. The first kappa shape index (κ1) is 16.4. The van der Waals surface area contributed by atoms with E-state index >= 15 is 0 Å². The highest BCUT2D eigenvalue weighted by atomic mass is 19.1. The summed E-state index contributed by atoms with van der Waals surface area (Å²) in [7, 11) is 0. The zero-order valence-corrected chi connectivity index (χ0v) is 12.7. The molecule has 0 bridgehead atoms. The van der Waals surface area contributed by atoms with Gasteiger partial charge >= 0.3 is 0 Å². The number of nitrogens with zero attached hydrogens (tertiary/aromatic N) is 1. The van der Waals surface area contributed by atoms with Crippen LogP contribution in [0.15, 0.2) is 29.3 Å². The van der Waals surface area contributed by atoms with Gasteiger partial charge in [-0.1, -0.05) is 13.0 Å². The van der Waals surface area contributed by atoms with Gasteiger partial charge in [-0.15, -0.1) is 0 Å². The number of aliphatic imine (C=N–C) groups is 1. The number of hydrogen-bond donors (Lipinski definition) is 1. The van der Waals surface area contributed by atoms with Crippen molar-refractivity contribution in [3.05, 3.63) is 35.6 Å². The van der Waals surface area contributed by atoms with E-state index in [2.05, 4.69) is 10.3 Å². The van der Waals surface area contributed by atoms with Crippen molar-refractivity contribution in [1.82, 2.24) is 5.32 Å². The van der Waals surface area contributed by atoms with Crippen LogP contribution in [0.5, 0.6) is 0 Å². The standard InChI is InChI=1S/C16H21FN2O3/c1-2-8-22-16(18-11-14-7-4-9-21-14)19-15(20)12-5-3-6-13(17)10-12/h3,5-6,10,14H,2,4,7-9,11H2,1H3,(H,18,19,20)/t14-/m0/s1. The van der Waals surface area contributed by atoms with Crippen LogP contribution < -0.4 is 5.32 Å². The molecule has 1 N–H and O–H groups in total. The van der Waals surface area contributed by atoms with E-state index in [0.717, 1.165) is 25.9 Å². The lowest BCUT2D eigenvalue weighted by Gasteiger charge is -2.12. The number of ether oxygens (including phenoxy) is 2. The molecule has 1 heterocycles. The fraction of sp³-hybridized carbons (Fsp3) is 0.500. The molecule has 1 amide bonds. The third-order valence-electron chi connectivity index (χ3n) is 3.21. The summed E-state index contributed by atoms with van der Waals surface area (Å²) in [6, 6.07) is 5.64. The molecule has 1 fully saturated rings. The van der Waals surface area contributed by atoms with Crippen molar-refractivity contribution in [2.75, 3.05) is 19.8 Å². The number of carbonyl (C=O) groups excluding carboxylic acids is 1. The lowest BCUT2D eigenvalue weighted by atomic mass is 10.2. The summed E-state index contributed by atoms with van der Waals surface area (Å²) < 4.78 is 24.1. The minimum atomic E-state index is -0.458. The van der Waals surface area contributed by atoms with Crippen molar-refractivity contribution in [3.8, 4) is 0 Å². The molecule has 22 heavy (non-hydrogen) atoms. The molecule has 0 saturated carbocycles. The topological polar surface area (TPSA) is 59.9 Å². The molecular weight excluding hydrogens is 287 g/mol. The average molecular weight is 308 g/mol. The lowest BCUT2D eigenvalue weighted by molar-refractivity contribution is 0.0962.